The number of amides is 2. The second-order valence-corrected chi connectivity index (χ2v) is 5.96. The molecule has 3 N–H and O–H groups in total. The van der Waals surface area contributed by atoms with Gasteiger partial charge in [-0.15, -0.1) is 0 Å². The first-order valence-corrected chi connectivity index (χ1v) is 7.90. The van der Waals surface area contributed by atoms with Gasteiger partial charge < -0.3 is 20.5 Å². The summed E-state index contributed by atoms with van der Waals surface area (Å²) in [6, 6.07) is -1.06. The van der Waals surface area contributed by atoms with Crippen molar-refractivity contribution in [3.05, 3.63) is 0 Å². The van der Waals surface area contributed by atoms with E-state index >= 15 is 0 Å². The summed E-state index contributed by atoms with van der Waals surface area (Å²) in [5, 5.41) is 13.7. The predicted molar refractivity (Wildman–Crippen MR) is 72.5 cm³/mol. The molecule has 4 atom stereocenters. The molecule has 0 aromatic heterocycles. The van der Waals surface area contributed by atoms with E-state index in [0.717, 1.165) is 6.42 Å². The van der Waals surface area contributed by atoms with Crippen molar-refractivity contribution in [1.29, 1.82) is 0 Å². The molecule has 0 radical (unpaired) electrons. The lowest BCUT2D eigenvalue weighted by Gasteiger charge is -2.27. The van der Waals surface area contributed by atoms with Crippen molar-refractivity contribution in [3.63, 3.8) is 0 Å². The summed E-state index contributed by atoms with van der Waals surface area (Å²) in [6.45, 7) is 0. The van der Waals surface area contributed by atoms with Crippen molar-refractivity contribution in [2.45, 2.75) is 37.5 Å². The number of carbonyl (C=O) groups excluding carboxylic acids is 2. The summed E-state index contributed by atoms with van der Waals surface area (Å²) in [7, 11) is 0. The standard InChI is InChI=1S/C12H18N2O5S/c1-20-5-9(14-12(17)18)10(15)13-8-3-2-6-4-7(8)11(16)19-6/h6-9,14H,2-5H2,1H3,(H,13,15)(H,17,18)/t6-,7-,8+,9+/m1/s1. The third-order valence-corrected chi connectivity index (χ3v) is 4.33. The Morgan fingerprint density at radius 3 is 2.90 bits per heavy atom. The van der Waals surface area contributed by atoms with E-state index in [4.69, 9.17) is 9.84 Å². The molecule has 0 spiro atoms. The number of carboxylic acid groups (broad SMARTS) is 1. The molecule has 1 saturated carbocycles. The van der Waals surface area contributed by atoms with Gasteiger partial charge in [-0.05, 0) is 25.5 Å². The molecule has 0 unspecified atom stereocenters. The van der Waals surface area contributed by atoms with Gasteiger partial charge in [0.1, 0.15) is 12.1 Å². The monoisotopic (exact) mass is 302 g/mol. The molecular formula is C12H18N2O5S. The van der Waals surface area contributed by atoms with Gasteiger partial charge >= 0.3 is 12.1 Å². The third kappa shape index (κ3) is 3.36. The van der Waals surface area contributed by atoms with E-state index in [1.54, 1.807) is 6.26 Å². The van der Waals surface area contributed by atoms with Crippen LogP contribution in [0, 0.1) is 5.92 Å². The number of esters is 1. The van der Waals surface area contributed by atoms with Crippen LogP contribution in [0.2, 0.25) is 0 Å². The van der Waals surface area contributed by atoms with Crippen molar-refractivity contribution >= 4 is 29.7 Å². The molecule has 7 nitrogen and oxygen atoms in total. The summed E-state index contributed by atoms with van der Waals surface area (Å²) in [4.78, 5) is 34.4. The van der Waals surface area contributed by atoms with E-state index in [9.17, 15) is 14.4 Å². The first kappa shape index (κ1) is 15.0. The van der Waals surface area contributed by atoms with Gasteiger partial charge in [0.2, 0.25) is 5.91 Å². The highest BCUT2D eigenvalue weighted by Crippen LogP contribution is 2.34. The molecule has 2 bridgehead atoms. The smallest absolute Gasteiger partial charge is 0.405 e. The molecule has 2 fully saturated rings. The topological polar surface area (TPSA) is 105 Å². The van der Waals surface area contributed by atoms with Crippen LogP contribution in [0.3, 0.4) is 0 Å². The number of hydrogen-bond donors (Lipinski definition) is 3. The Balaban J connectivity index is 1.95. The van der Waals surface area contributed by atoms with E-state index in [2.05, 4.69) is 10.6 Å². The quantitative estimate of drug-likeness (QED) is 0.626. The highest BCUT2D eigenvalue weighted by molar-refractivity contribution is 7.98. The number of nitrogens with one attached hydrogen (secondary N) is 2. The molecule has 0 aromatic carbocycles. The minimum absolute atomic E-state index is 0.0141. The van der Waals surface area contributed by atoms with Gasteiger partial charge in [-0.1, -0.05) is 0 Å². The SMILES string of the molecule is CSC[C@H](NC(=O)O)C(=O)N[C@H]1CC[C@@H]2C[C@H]1C(=O)O2. The third-order valence-electron chi connectivity index (χ3n) is 3.66. The van der Waals surface area contributed by atoms with Gasteiger partial charge in [0.05, 0.1) is 5.92 Å². The molecule has 112 valence electrons. The predicted octanol–water partition coefficient (Wildman–Crippen LogP) is 0.196. The molecule has 2 amide bonds. The molecule has 2 aliphatic rings. The zero-order valence-electron chi connectivity index (χ0n) is 11.1. The Kier molecular flexibility index (Phi) is 4.74. The largest absolute Gasteiger partial charge is 0.465 e. The Bertz CT molecular complexity index is 417. The van der Waals surface area contributed by atoms with Crippen LogP contribution in [0.1, 0.15) is 19.3 Å². The Morgan fingerprint density at radius 2 is 2.25 bits per heavy atom. The minimum atomic E-state index is -1.23. The van der Waals surface area contributed by atoms with Crippen LogP contribution in [-0.4, -0.2) is 53.3 Å². The Labute approximate surface area is 120 Å². The van der Waals surface area contributed by atoms with Gasteiger partial charge in [0.15, 0.2) is 0 Å². The van der Waals surface area contributed by atoms with E-state index in [1.165, 1.54) is 11.8 Å². The second-order valence-electron chi connectivity index (χ2n) is 5.05. The van der Waals surface area contributed by atoms with E-state index in [0.29, 0.717) is 18.6 Å². The maximum absolute atomic E-state index is 12.1. The number of ether oxygens (including phenoxy) is 1. The first-order chi connectivity index (χ1) is 9.51. The fourth-order valence-corrected chi connectivity index (χ4v) is 3.27. The van der Waals surface area contributed by atoms with Crippen LogP contribution in [0.5, 0.6) is 0 Å². The summed E-state index contributed by atoms with van der Waals surface area (Å²) in [6.07, 6.45) is 2.62. The lowest BCUT2D eigenvalue weighted by molar-refractivity contribution is -0.143. The van der Waals surface area contributed by atoms with Gasteiger partial charge in [-0.25, -0.2) is 4.79 Å². The maximum atomic E-state index is 12.1. The van der Waals surface area contributed by atoms with Crippen molar-refractivity contribution < 1.29 is 24.2 Å². The molecule has 1 saturated heterocycles. The number of thioether (sulfide) groups is 1. The average Bonchev–Trinajstić information content (AvgIpc) is 2.68. The zero-order valence-corrected chi connectivity index (χ0v) is 11.9. The molecular weight excluding hydrogens is 284 g/mol. The van der Waals surface area contributed by atoms with Crippen LogP contribution in [0.15, 0.2) is 0 Å². The van der Waals surface area contributed by atoms with E-state index in [-0.39, 0.29) is 29.9 Å². The van der Waals surface area contributed by atoms with Crippen LogP contribution in [0.4, 0.5) is 4.79 Å². The molecule has 0 aromatic rings. The highest BCUT2D eigenvalue weighted by Gasteiger charge is 2.44. The molecule has 1 heterocycles. The average molecular weight is 302 g/mol. The summed E-state index contributed by atoms with van der Waals surface area (Å²) in [5.74, 6) is -0.587. The molecule has 1 aliphatic carbocycles. The number of rotatable bonds is 5. The fraction of sp³-hybridized carbons (Fsp3) is 0.750. The summed E-state index contributed by atoms with van der Waals surface area (Å²) >= 11 is 1.38. The van der Waals surface area contributed by atoms with Crippen LogP contribution >= 0.6 is 11.8 Å². The van der Waals surface area contributed by atoms with Crippen molar-refractivity contribution in [3.8, 4) is 0 Å². The van der Waals surface area contributed by atoms with E-state index in [1.807, 2.05) is 0 Å². The van der Waals surface area contributed by atoms with Crippen molar-refractivity contribution in [2.75, 3.05) is 12.0 Å². The maximum Gasteiger partial charge on any atom is 0.405 e. The highest BCUT2D eigenvalue weighted by atomic mass is 32.2. The molecule has 8 heteroatoms. The normalized spacial score (nSPS) is 29.4. The Hall–Kier alpha value is -1.44. The number of fused-ring (bicyclic) bond motifs is 2. The van der Waals surface area contributed by atoms with Gasteiger partial charge in [-0.3, -0.25) is 9.59 Å². The fourth-order valence-electron chi connectivity index (χ4n) is 2.71. The van der Waals surface area contributed by atoms with Crippen LogP contribution in [-0.2, 0) is 14.3 Å². The van der Waals surface area contributed by atoms with Crippen molar-refractivity contribution in [1.82, 2.24) is 10.6 Å². The molecule has 20 heavy (non-hydrogen) atoms. The van der Waals surface area contributed by atoms with Gasteiger partial charge in [-0.2, -0.15) is 11.8 Å². The van der Waals surface area contributed by atoms with E-state index < -0.39 is 12.1 Å². The van der Waals surface area contributed by atoms with Crippen molar-refractivity contribution in [2.24, 2.45) is 5.92 Å². The first-order valence-electron chi connectivity index (χ1n) is 6.50. The Morgan fingerprint density at radius 1 is 1.50 bits per heavy atom. The lowest BCUT2D eigenvalue weighted by atomic mass is 9.85. The number of carbonyl (C=O) groups is 3. The zero-order chi connectivity index (χ0) is 14.7. The number of hydrogen-bond acceptors (Lipinski definition) is 5. The summed E-state index contributed by atoms with van der Waals surface area (Å²) in [5.41, 5.74) is 0. The van der Waals surface area contributed by atoms with Crippen LogP contribution < -0.4 is 10.6 Å². The second kappa shape index (κ2) is 6.34. The molecule has 1 aliphatic heterocycles. The summed E-state index contributed by atoms with van der Waals surface area (Å²) < 4.78 is 5.17. The molecule has 2 rings (SSSR count). The van der Waals surface area contributed by atoms with Gasteiger partial charge in [0, 0.05) is 11.8 Å². The minimum Gasteiger partial charge on any atom is -0.465 e. The van der Waals surface area contributed by atoms with Crippen LogP contribution in [0.25, 0.3) is 0 Å². The van der Waals surface area contributed by atoms with Gasteiger partial charge in [0.25, 0.3) is 0 Å². The lowest BCUT2D eigenvalue weighted by Crippen LogP contribution is -2.53.